The third-order valence-electron chi connectivity index (χ3n) is 12.5. The molecule has 3 aliphatic rings. The van der Waals surface area contributed by atoms with E-state index in [9.17, 15) is 29.7 Å². The maximum absolute atomic E-state index is 14.2. The molecule has 18 heteroatoms. The molecule has 0 spiro atoms. The molecule has 1 unspecified atom stereocenters. The van der Waals surface area contributed by atoms with Crippen molar-refractivity contribution in [2.75, 3.05) is 48.5 Å². The molecule has 3 saturated heterocycles. The van der Waals surface area contributed by atoms with Gasteiger partial charge < -0.3 is 68.7 Å². The molecule has 0 aromatic rings. The second-order valence-electron chi connectivity index (χ2n) is 17.5. The van der Waals surface area contributed by atoms with Crippen LogP contribution >= 0.6 is 22.6 Å². The van der Waals surface area contributed by atoms with Crippen molar-refractivity contribution in [1.82, 2.24) is 15.5 Å². The summed E-state index contributed by atoms with van der Waals surface area (Å²) in [7, 11) is 8.51. The largest absolute Gasteiger partial charge is 0.448 e. The first-order chi connectivity index (χ1) is 26.9. The fourth-order valence-electron chi connectivity index (χ4n) is 8.65. The van der Waals surface area contributed by atoms with Gasteiger partial charge in [-0.05, 0) is 98.1 Å². The predicted molar refractivity (Wildman–Crippen MR) is 221 cm³/mol. The van der Waals surface area contributed by atoms with Gasteiger partial charge in [-0.1, -0.05) is 20.8 Å². The number of nitrogens with one attached hydrogen (secondary N) is 2. The second kappa shape index (κ2) is 21.2. The third kappa shape index (κ3) is 11.8. The number of alkyl carbamates (subject to hydrolysis) is 1. The van der Waals surface area contributed by atoms with E-state index in [1.807, 2.05) is 32.8 Å². The van der Waals surface area contributed by atoms with Crippen molar-refractivity contribution in [3.8, 4) is 0 Å². The van der Waals surface area contributed by atoms with Gasteiger partial charge in [0.2, 0.25) is 0 Å². The van der Waals surface area contributed by atoms with Crippen LogP contribution in [0.2, 0.25) is 0 Å². The number of rotatable bonds is 11. The number of ketones is 1. The summed E-state index contributed by atoms with van der Waals surface area (Å²) in [5.74, 6) is -4.70. The van der Waals surface area contributed by atoms with Gasteiger partial charge in [-0.15, -0.1) is 0 Å². The Morgan fingerprint density at radius 2 is 1.52 bits per heavy atom. The van der Waals surface area contributed by atoms with E-state index in [1.54, 1.807) is 64.3 Å². The molecule has 1 amide bonds. The maximum Gasteiger partial charge on any atom is 0.407 e. The van der Waals surface area contributed by atoms with Gasteiger partial charge in [0.25, 0.3) is 0 Å². The van der Waals surface area contributed by atoms with Crippen molar-refractivity contribution in [2.45, 2.75) is 164 Å². The molecule has 0 aliphatic carbocycles. The average molecular weight is 946 g/mol. The predicted octanol–water partition coefficient (Wildman–Crippen LogP) is 2.38. The van der Waals surface area contributed by atoms with Crippen molar-refractivity contribution in [1.29, 1.82) is 0 Å². The number of likely N-dealkylation sites (N-methyl/N-ethyl adjacent to an activating group) is 2. The number of nitrogens with zero attached hydrogens (tertiary/aromatic N) is 1. The molecule has 338 valence electrons. The topological polar surface area (TPSA) is 213 Å². The SMILES string of the molecule is CNCCNC(=O)OC1[C@H](C)O[C@@H](O[C@H]2[C@H](C)[C@@H](O[C@@H]3O[C@H](C)C[C@H](N(C)C)[C@H]3O)[C@](C)(OC)C[C@@H](C)C(=O)[C@H](C)[C@@H](O)[C@](C)(O)[C@@H](I)OC(=O)[C@@H]2C)C[C@@]1(C)OC. The van der Waals surface area contributed by atoms with Gasteiger partial charge in [-0.25, -0.2) is 4.79 Å². The summed E-state index contributed by atoms with van der Waals surface area (Å²) in [6.07, 6.45) is -8.69. The quantitative estimate of drug-likeness (QED) is 0.0871. The number of aliphatic hydroxyl groups excluding tert-OH is 2. The molecule has 0 aromatic heterocycles. The number of Topliss-reactive ketones (excluding diaryl/α,β-unsaturated/α-hetero) is 1. The van der Waals surface area contributed by atoms with Gasteiger partial charge in [0.15, 0.2) is 22.8 Å². The smallest absolute Gasteiger partial charge is 0.407 e. The number of carbonyl (C=O) groups is 3. The average Bonchev–Trinajstić information content (AvgIpc) is 3.16. The number of ether oxygens (including phenoxy) is 8. The van der Waals surface area contributed by atoms with E-state index in [0.29, 0.717) is 19.5 Å². The Bertz CT molecular complexity index is 1360. The zero-order chi connectivity index (χ0) is 44.1. The Morgan fingerprint density at radius 3 is 2.09 bits per heavy atom. The normalized spacial score (nSPS) is 45.0. The van der Waals surface area contributed by atoms with E-state index in [0.717, 1.165) is 0 Å². The monoisotopic (exact) mass is 945 g/mol. The number of cyclic esters (lactones) is 1. The van der Waals surface area contributed by atoms with Crippen LogP contribution in [0.15, 0.2) is 0 Å². The first kappa shape index (κ1) is 51.1. The zero-order valence-corrected chi connectivity index (χ0v) is 39.0. The van der Waals surface area contributed by atoms with E-state index >= 15 is 0 Å². The fourth-order valence-corrected chi connectivity index (χ4v) is 9.27. The number of amides is 1. The summed E-state index contributed by atoms with van der Waals surface area (Å²) < 4.78 is 49.0. The van der Waals surface area contributed by atoms with Gasteiger partial charge in [0, 0.05) is 57.5 Å². The summed E-state index contributed by atoms with van der Waals surface area (Å²) in [6.45, 7) is 16.1. The molecule has 17 nitrogen and oxygen atoms in total. The molecule has 0 radical (unpaired) electrons. The Kier molecular flexibility index (Phi) is 18.6. The molecule has 0 saturated carbocycles. The van der Waals surface area contributed by atoms with E-state index in [2.05, 4.69) is 10.6 Å². The van der Waals surface area contributed by atoms with Gasteiger partial charge in [0.1, 0.15) is 23.1 Å². The van der Waals surface area contributed by atoms with Gasteiger partial charge in [0.05, 0.1) is 42.0 Å². The maximum atomic E-state index is 14.2. The van der Waals surface area contributed by atoms with Crippen LogP contribution in [-0.2, 0) is 47.5 Å². The third-order valence-corrected chi connectivity index (χ3v) is 14.0. The van der Waals surface area contributed by atoms with Crippen LogP contribution in [-0.4, -0.2) is 169 Å². The number of esters is 1. The van der Waals surface area contributed by atoms with Crippen LogP contribution in [0, 0.1) is 23.7 Å². The molecular formula is C40H72IN3O14. The summed E-state index contributed by atoms with van der Waals surface area (Å²) in [5, 5.41) is 40.2. The highest BCUT2D eigenvalue weighted by Gasteiger charge is 2.54. The zero-order valence-electron chi connectivity index (χ0n) is 36.9. The number of alkyl halides is 1. The number of aliphatic hydroxyl groups is 3. The molecule has 18 atom stereocenters. The lowest BCUT2D eigenvalue weighted by molar-refractivity contribution is -0.318. The Balaban J connectivity index is 2.16. The van der Waals surface area contributed by atoms with Crippen molar-refractivity contribution in [3.63, 3.8) is 0 Å². The molecule has 0 bridgehead atoms. The van der Waals surface area contributed by atoms with Gasteiger partial charge in [-0.3, -0.25) is 9.59 Å². The molecule has 3 fully saturated rings. The highest BCUT2D eigenvalue weighted by Crippen LogP contribution is 2.42. The minimum absolute atomic E-state index is 0.0755. The second-order valence-corrected chi connectivity index (χ2v) is 18.6. The highest BCUT2D eigenvalue weighted by atomic mass is 127. The number of hydrogen-bond acceptors (Lipinski definition) is 16. The van der Waals surface area contributed by atoms with Crippen molar-refractivity contribution >= 4 is 40.4 Å². The van der Waals surface area contributed by atoms with E-state index in [1.165, 1.54) is 28.1 Å². The van der Waals surface area contributed by atoms with Crippen LogP contribution < -0.4 is 10.6 Å². The first-order valence-corrected chi connectivity index (χ1v) is 21.6. The summed E-state index contributed by atoms with van der Waals surface area (Å²) in [5.41, 5.74) is -4.40. The van der Waals surface area contributed by atoms with E-state index < -0.39 is 106 Å². The molecule has 3 heterocycles. The molecule has 3 aliphatic heterocycles. The highest BCUT2D eigenvalue weighted by molar-refractivity contribution is 14.1. The summed E-state index contributed by atoms with van der Waals surface area (Å²) >= 11 is 1.75. The van der Waals surface area contributed by atoms with Crippen molar-refractivity contribution in [3.05, 3.63) is 0 Å². The number of hydrogen-bond donors (Lipinski definition) is 5. The lowest BCUT2D eigenvalue weighted by Gasteiger charge is -2.50. The minimum Gasteiger partial charge on any atom is -0.448 e. The van der Waals surface area contributed by atoms with Crippen molar-refractivity contribution in [2.24, 2.45) is 23.7 Å². The number of halogens is 1. The van der Waals surface area contributed by atoms with Crippen LogP contribution in [0.25, 0.3) is 0 Å². The number of methoxy groups -OCH3 is 2. The van der Waals surface area contributed by atoms with Crippen LogP contribution in [0.3, 0.4) is 0 Å². The Labute approximate surface area is 358 Å². The van der Waals surface area contributed by atoms with Crippen molar-refractivity contribution < 1.29 is 67.6 Å². The van der Waals surface area contributed by atoms with Crippen LogP contribution in [0.5, 0.6) is 0 Å². The van der Waals surface area contributed by atoms with E-state index in [4.69, 9.17) is 37.9 Å². The van der Waals surface area contributed by atoms with Crippen LogP contribution in [0.4, 0.5) is 4.79 Å². The molecule has 3 rings (SSSR count). The Morgan fingerprint density at radius 1 is 0.914 bits per heavy atom. The standard InChI is InChI=1S/C40H72IN3O14/c1-20-18-38(7,51-13)32(56-35-29(46)26(44(11)12)17-21(2)53-35)23(4)30(24(5)34(48)58-36(41)40(9,50)31(47)22(3)28(20)45)55-27-19-39(8,52-14)33(25(6)54-27)57-37(49)43-16-15-42-10/h20-27,29-33,35-36,42,46-47,50H,15-19H2,1-14H3,(H,43,49)/t20-,21-,22+,23+,24-,25+,26+,27+,29-,30+,31-,32-,33?,35+,36+,38-,39-,40+/m1/s1. The summed E-state index contributed by atoms with van der Waals surface area (Å²) in [6, 6.07) is -0.307. The summed E-state index contributed by atoms with van der Waals surface area (Å²) in [4.78, 5) is 42.9. The fraction of sp³-hybridized carbons (Fsp3) is 0.925. The first-order valence-electron chi connectivity index (χ1n) is 20.3. The van der Waals surface area contributed by atoms with Gasteiger partial charge >= 0.3 is 12.1 Å². The molecule has 0 aromatic carbocycles. The minimum atomic E-state index is -2.02. The number of carbonyl (C=O) groups excluding carboxylic acids is 3. The lowest BCUT2D eigenvalue weighted by atomic mass is 9.74. The lowest BCUT2D eigenvalue weighted by Crippen LogP contribution is -2.61. The molecule has 5 N–H and O–H groups in total. The van der Waals surface area contributed by atoms with E-state index in [-0.39, 0.29) is 30.8 Å². The molecular weight excluding hydrogens is 873 g/mol. The molecule has 58 heavy (non-hydrogen) atoms. The van der Waals surface area contributed by atoms with Crippen LogP contribution in [0.1, 0.15) is 81.6 Å². The Hall–Kier alpha value is -1.30. The van der Waals surface area contributed by atoms with Gasteiger partial charge in [-0.2, -0.15) is 0 Å².